The molecule has 3 aromatic rings. The van der Waals surface area contributed by atoms with Crippen molar-refractivity contribution in [1.29, 1.82) is 0 Å². The first-order chi connectivity index (χ1) is 11.1. The molecule has 23 heavy (non-hydrogen) atoms. The quantitative estimate of drug-likeness (QED) is 0.602. The lowest BCUT2D eigenvalue weighted by molar-refractivity contribution is -0.112. The summed E-state index contributed by atoms with van der Waals surface area (Å²) in [6, 6.07) is 14.5. The van der Waals surface area contributed by atoms with E-state index < -0.39 is 17.7 Å². The van der Waals surface area contributed by atoms with Gasteiger partial charge in [0, 0.05) is 6.20 Å². The van der Waals surface area contributed by atoms with Gasteiger partial charge in [-0.05, 0) is 29.0 Å². The number of hydrogen-bond donors (Lipinski definition) is 3. The Hall–Kier alpha value is -3.41. The first-order valence-electron chi connectivity index (χ1n) is 6.81. The molecule has 0 saturated carbocycles. The number of amides is 1. The highest BCUT2D eigenvalue weighted by molar-refractivity contribution is 6.51. The number of carbonyl (C=O) groups excluding carboxylic acids is 2. The summed E-state index contributed by atoms with van der Waals surface area (Å²) in [5.41, 5.74) is 1.28. The van der Waals surface area contributed by atoms with Crippen LogP contribution in [-0.4, -0.2) is 27.8 Å². The van der Waals surface area contributed by atoms with Crippen molar-refractivity contribution in [3.8, 4) is 0 Å². The zero-order valence-electron chi connectivity index (χ0n) is 11.9. The highest BCUT2D eigenvalue weighted by atomic mass is 16.4. The fourth-order valence-corrected chi connectivity index (χ4v) is 2.28. The van der Waals surface area contributed by atoms with Crippen LogP contribution in [-0.2, 0) is 4.79 Å². The highest BCUT2D eigenvalue weighted by Crippen LogP contribution is 2.20. The number of benzene rings is 2. The topological polar surface area (TPSA) is 99.3 Å². The molecule has 0 radical (unpaired) electrons. The third-order valence-corrected chi connectivity index (χ3v) is 3.42. The maximum absolute atomic E-state index is 10.8. The molecule has 6 nitrogen and oxygen atoms in total. The van der Waals surface area contributed by atoms with Crippen LogP contribution in [0, 0.1) is 0 Å². The molecule has 2 heterocycles. The van der Waals surface area contributed by atoms with Crippen LogP contribution in [0.5, 0.6) is 0 Å². The summed E-state index contributed by atoms with van der Waals surface area (Å²) in [5.74, 6) is -1.92. The van der Waals surface area contributed by atoms with Crippen LogP contribution in [0.15, 0.2) is 54.7 Å². The molecule has 1 aliphatic rings. The number of anilines is 1. The average Bonchev–Trinajstić information content (AvgIpc) is 3.11. The minimum Gasteiger partial charge on any atom is -0.478 e. The molecule has 1 amide bonds. The number of ketones is 1. The number of carboxylic acid groups (broad SMARTS) is 1. The Morgan fingerprint density at radius 1 is 0.957 bits per heavy atom. The van der Waals surface area contributed by atoms with Crippen LogP contribution in [0.1, 0.15) is 20.8 Å². The second-order valence-corrected chi connectivity index (χ2v) is 4.92. The zero-order chi connectivity index (χ0) is 16.4. The highest BCUT2D eigenvalue weighted by Gasteiger charge is 2.28. The number of aromatic carboxylic acids is 1. The van der Waals surface area contributed by atoms with E-state index in [0.717, 1.165) is 10.8 Å². The molecule has 6 heteroatoms. The normalized spacial score (nSPS) is 12.3. The lowest BCUT2D eigenvalue weighted by Gasteiger charge is -1.98. The van der Waals surface area contributed by atoms with Crippen molar-refractivity contribution in [1.82, 2.24) is 4.98 Å². The largest absolute Gasteiger partial charge is 0.478 e. The van der Waals surface area contributed by atoms with Gasteiger partial charge in [-0.3, -0.25) is 9.59 Å². The Labute approximate surface area is 130 Å². The molecule has 0 aliphatic carbocycles. The molecule has 0 saturated heterocycles. The monoisotopic (exact) mass is 308 g/mol. The molecule has 1 aromatic heterocycles. The maximum atomic E-state index is 10.8. The van der Waals surface area contributed by atoms with Crippen molar-refractivity contribution < 1.29 is 19.5 Å². The van der Waals surface area contributed by atoms with Crippen molar-refractivity contribution >= 4 is 34.1 Å². The number of aromatic nitrogens is 1. The molecule has 0 atom stereocenters. The van der Waals surface area contributed by atoms with Crippen molar-refractivity contribution in [2.75, 3.05) is 5.32 Å². The standard InChI is InChI=1S/C11H8O2.C6H4N2O2/c12-11(13)10-6-5-8-3-1-2-4-9(8)7-10;9-5-4-3(1-2-7-4)8-6(5)10/h1-7H,(H,12,13);1-2,7H,(H,8,9,10). The van der Waals surface area contributed by atoms with E-state index in [2.05, 4.69) is 10.3 Å². The van der Waals surface area contributed by atoms with Gasteiger partial charge in [-0.15, -0.1) is 0 Å². The minimum atomic E-state index is -0.884. The SMILES string of the molecule is O=C(O)c1ccc2ccccc2c1.O=C1Nc2cc[nH]c2C1=O. The molecule has 114 valence electrons. The maximum Gasteiger partial charge on any atom is 0.335 e. The van der Waals surface area contributed by atoms with Crippen molar-refractivity contribution in [2.45, 2.75) is 0 Å². The molecule has 1 aliphatic heterocycles. The van der Waals surface area contributed by atoms with Crippen molar-refractivity contribution in [2.24, 2.45) is 0 Å². The summed E-state index contributed by atoms with van der Waals surface area (Å²) < 4.78 is 0. The summed E-state index contributed by atoms with van der Waals surface area (Å²) in [6.45, 7) is 0. The van der Waals surface area contributed by atoms with E-state index in [1.54, 1.807) is 24.4 Å². The van der Waals surface area contributed by atoms with Crippen LogP contribution in [0.4, 0.5) is 5.69 Å². The summed E-state index contributed by atoms with van der Waals surface area (Å²) in [5, 5.41) is 13.2. The number of fused-ring (bicyclic) bond motifs is 2. The van der Waals surface area contributed by atoms with E-state index in [1.807, 2.05) is 30.3 Å². The molecule has 0 unspecified atom stereocenters. The van der Waals surface area contributed by atoms with Crippen LogP contribution < -0.4 is 5.32 Å². The van der Waals surface area contributed by atoms with E-state index in [0.29, 0.717) is 16.9 Å². The molecular weight excluding hydrogens is 296 g/mol. The van der Waals surface area contributed by atoms with Gasteiger partial charge in [-0.25, -0.2) is 4.79 Å². The third kappa shape index (κ3) is 2.82. The molecule has 0 spiro atoms. The lowest BCUT2D eigenvalue weighted by atomic mass is 10.1. The third-order valence-electron chi connectivity index (χ3n) is 3.42. The van der Waals surface area contributed by atoms with Gasteiger partial charge in [0.25, 0.3) is 11.7 Å². The van der Waals surface area contributed by atoms with Gasteiger partial charge in [0.15, 0.2) is 0 Å². The van der Waals surface area contributed by atoms with Crippen LogP contribution in [0.2, 0.25) is 0 Å². The molecule has 3 N–H and O–H groups in total. The van der Waals surface area contributed by atoms with Gasteiger partial charge in [0.1, 0.15) is 5.69 Å². The van der Waals surface area contributed by atoms with E-state index in [1.165, 1.54) is 0 Å². The minimum absolute atomic E-state index is 0.332. The second-order valence-electron chi connectivity index (χ2n) is 4.92. The Balaban J connectivity index is 0.000000140. The number of rotatable bonds is 1. The fourth-order valence-electron chi connectivity index (χ4n) is 2.28. The number of aromatic amines is 1. The van der Waals surface area contributed by atoms with Crippen molar-refractivity contribution in [3.05, 3.63) is 66.0 Å². The van der Waals surface area contributed by atoms with E-state index in [4.69, 9.17) is 5.11 Å². The van der Waals surface area contributed by atoms with Gasteiger partial charge in [-0.1, -0.05) is 30.3 Å². The van der Waals surface area contributed by atoms with Crippen molar-refractivity contribution in [3.63, 3.8) is 0 Å². The lowest BCUT2D eigenvalue weighted by Crippen LogP contribution is -2.13. The van der Waals surface area contributed by atoms with Gasteiger partial charge >= 0.3 is 5.97 Å². The Morgan fingerprint density at radius 2 is 1.70 bits per heavy atom. The van der Waals surface area contributed by atoms with Gasteiger partial charge in [0.2, 0.25) is 0 Å². The molecule has 0 fully saturated rings. The summed E-state index contributed by atoms with van der Waals surface area (Å²) in [4.78, 5) is 34.7. The number of carboxylic acids is 1. The number of H-pyrrole nitrogens is 1. The molecule has 2 aromatic carbocycles. The summed E-state index contributed by atoms with van der Waals surface area (Å²) in [7, 11) is 0. The van der Waals surface area contributed by atoms with Gasteiger partial charge in [0.05, 0.1) is 11.3 Å². The number of nitrogens with one attached hydrogen (secondary N) is 2. The number of carbonyl (C=O) groups is 3. The average molecular weight is 308 g/mol. The first kappa shape index (κ1) is 14.5. The Kier molecular flexibility index (Phi) is 3.64. The smallest absolute Gasteiger partial charge is 0.335 e. The first-order valence-corrected chi connectivity index (χ1v) is 6.81. The van der Waals surface area contributed by atoms with Crippen LogP contribution >= 0.6 is 0 Å². The van der Waals surface area contributed by atoms with E-state index in [9.17, 15) is 14.4 Å². The van der Waals surface area contributed by atoms with Crippen LogP contribution in [0.3, 0.4) is 0 Å². The zero-order valence-corrected chi connectivity index (χ0v) is 11.9. The fraction of sp³-hybridized carbons (Fsp3) is 0. The number of Topliss-reactive ketones (excluding diaryl/α,β-unsaturated/α-hetero) is 1. The molecular formula is C17H12N2O4. The molecule has 4 rings (SSSR count). The van der Waals surface area contributed by atoms with E-state index in [-0.39, 0.29) is 0 Å². The van der Waals surface area contributed by atoms with Gasteiger partial charge in [-0.2, -0.15) is 0 Å². The summed E-state index contributed by atoms with van der Waals surface area (Å²) in [6.07, 6.45) is 1.61. The predicted octanol–water partition coefficient (Wildman–Crippen LogP) is 2.69. The molecule has 0 bridgehead atoms. The number of hydrogen-bond acceptors (Lipinski definition) is 3. The van der Waals surface area contributed by atoms with Gasteiger partial charge < -0.3 is 15.4 Å². The van der Waals surface area contributed by atoms with Crippen LogP contribution in [0.25, 0.3) is 10.8 Å². The van der Waals surface area contributed by atoms with E-state index >= 15 is 0 Å². The summed E-state index contributed by atoms with van der Waals surface area (Å²) >= 11 is 0. The second kappa shape index (κ2) is 5.76. The Morgan fingerprint density at radius 3 is 2.39 bits per heavy atom. The predicted molar refractivity (Wildman–Crippen MR) is 84.7 cm³/mol. The Bertz CT molecular complexity index is 927.